The zero-order valence-electron chi connectivity index (χ0n) is 11.0. The Balaban J connectivity index is 1.80. The van der Waals surface area contributed by atoms with Gasteiger partial charge in [0.15, 0.2) is 0 Å². The Morgan fingerprint density at radius 1 is 1.22 bits per heavy atom. The van der Waals surface area contributed by atoms with Gasteiger partial charge in [-0.25, -0.2) is 0 Å². The molecule has 2 rings (SSSR count). The van der Waals surface area contributed by atoms with Crippen molar-refractivity contribution in [1.29, 1.82) is 0 Å². The fourth-order valence-corrected chi connectivity index (χ4v) is 2.98. The Hall–Kier alpha value is -1.06. The molecule has 3 unspecified atom stereocenters. The number of aliphatic carboxylic acids is 1. The maximum absolute atomic E-state index is 11.9. The summed E-state index contributed by atoms with van der Waals surface area (Å²) < 4.78 is 0. The fourth-order valence-electron chi connectivity index (χ4n) is 2.98. The smallest absolute Gasteiger partial charge is 0.306 e. The number of amides is 1. The third-order valence-electron chi connectivity index (χ3n) is 4.51. The Labute approximate surface area is 108 Å². The lowest BCUT2D eigenvalue weighted by molar-refractivity contribution is -0.145. The van der Waals surface area contributed by atoms with Crippen LogP contribution in [-0.2, 0) is 9.59 Å². The third-order valence-corrected chi connectivity index (χ3v) is 4.51. The van der Waals surface area contributed by atoms with E-state index in [2.05, 4.69) is 5.32 Å². The number of carboxylic acid groups (broad SMARTS) is 1. The van der Waals surface area contributed by atoms with E-state index in [1.54, 1.807) is 0 Å². The summed E-state index contributed by atoms with van der Waals surface area (Å²) in [6.07, 6.45) is 6.09. The molecule has 0 saturated heterocycles. The number of nitrogens with one attached hydrogen (secondary N) is 1. The molecule has 2 N–H and O–H groups in total. The molecule has 2 aliphatic carbocycles. The van der Waals surface area contributed by atoms with Crippen LogP contribution in [0.5, 0.6) is 0 Å². The molecule has 0 aromatic rings. The van der Waals surface area contributed by atoms with E-state index in [1.165, 1.54) is 0 Å². The zero-order chi connectivity index (χ0) is 13.1. The van der Waals surface area contributed by atoms with E-state index in [1.807, 2.05) is 6.92 Å². The van der Waals surface area contributed by atoms with Crippen molar-refractivity contribution >= 4 is 11.9 Å². The topological polar surface area (TPSA) is 66.4 Å². The molecule has 0 aliphatic heterocycles. The van der Waals surface area contributed by atoms with E-state index in [0.29, 0.717) is 12.5 Å². The van der Waals surface area contributed by atoms with Crippen molar-refractivity contribution in [3.8, 4) is 0 Å². The van der Waals surface area contributed by atoms with Crippen LogP contribution < -0.4 is 5.32 Å². The molecule has 0 bridgehead atoms. The van der Waals surface area contributed by atoms with Gasteiger partial charge < -0.3 is 10.4 Å². The van der Waals surface area contributed by atoms with E-state index >= 15 is 0 Å². The molecule has 18 heavy (non-hydrogen) atoms. The van der Waals surface area contributed by atoms with Crippen LogP contribution in [0.2, 0.25) is 0 Å². The molecule has 2 aliphatic rings. The monoisotopic (exact) mass is 253 g/mol. The number of hydrogen-bond acceptors (Lipinski definition) is 2. The number of carboxylic acids is 1. The van der Waals surface area contributed by atoms with Crippen LogP contribution in [0.15, 0.2) is 0 Å². The van der Waals surface area contributed by atoms with Gasteiger partial charge in [-0.1, -0.05) is 19.8 Å². The Morgan fingerprint density at radius 3 is 2.50 bits per heavy atom. The van der Waals surface area contributed by atoms with Crippen molar-refractivity contribution in [3.05, 3.63) is 0 Å². The molecule has 0 aromatic carbocycles. The zero-order valence-corrected chi connectivity index (χ0v) is 11.0. The van der Waals surface area contributed by atoms with E-state index in [9.17, 15) is 9.59 Å². The summed E-state index contributed by atoms with van der Waals surface area (Å²) in [6.45, 7) is 2.51. The predicted molar refractivity (Wildman–Crippen MR) is 68.0 cm³/mol. The summed E-state index contributed by atoms with van der Waals surface area (Å²) in [5.41, 5.74) is 0. The summed E-state index contributed by atoms with van der Waals surface area (Å²) in [4.78, 5) is 23.0. The summed E-state index contributed by atoms with van der Waals surface area (Å²) in [5.74, 6) is -0.0956. The standard InChI is InChI=1S/C14H23NO3/c1-9(10-6-7-10)13(16)15-8-11-4-2-3-5-12(11)14(17)18/h9-12H,2-8H2,1H3,(H,15,16)(H,17,18). The SMILES string of the molecule is CC(C(=O)NCC1CCCCC1C(=O)O)C1CC1. The van der Waals surface area contributed by atoms with E-state index in [-0.39, 0.29) is 23.7 Å². The van der Waals surface area contributed by atoms with Crippen molar-refractivity contribution < 1.29 is 14.7 Å². The van der Waals surface area contributed by atoms with Crippen molar-refractivity contribution in [3.63, 3.8) is 0 Å². The average molecular weight is 253 g/mol. The normalized spacial score (nSPS) is 29.6. The van der Waals surface area contributed by atoms with Gasteiger partial charge in [-0.15, -0.1) is 0 Å². The van der Waals surface area contributed by atoms with Gasteiger partial charge in [0, 0.05) is 12.5 Å². The molecule has 0 spiro atoms. The average Bonchev–Trinajstić information content (AvgIpc) is 3.19. The first-order valence-corrected chi connectivity index (χ1v) is 7.10. The highest BCUT2D eigenvalue weighted by molar-refractivity contribution is 5.79. The minimum absolute atomic E-state index is 0.0943. The molecule has 0 radical (unpaired) electrons. The third kappa shape index (κ3) is 3.24. The lowest BCUT2D eigenvalue weighted by atomic mass is 9.79. The number of rotatable bonds is 5. The van der Waals surface area contributed by atoms with E-state index in [0.717, 1.165) is 38.5 Å². The van der Waals surface area contributed by atoms with Crippen molar-refractivity contribution in [2.75, 3.05) is 6.54 Å². The summed E-state index contributed by atoms with van der Waals surface area (Å²) >= 11 is 0. The molecule has 0 heterocycles. The van der Waals surface area contributed by atoms with Gasteiger partial charge in [0.1, 0.15) is 0 Å². The highest BCUT2D eigenvalue weighted by Crippen LogP contribution is 2.36. The number of carbonyl (C=O) groups is 2. The van der Waals surface area contributed by atoms with Crippen LogP contribution in [0.4, 0.5) is 0 Å². The molecule has 2 saturated carbocycles. The summed E-state index contributed by atoms with van der Waals surface area (Å²) in [6, 6.07) is 0. The second-order valence-corrected chi connectivity index (χ2v) is 5.86. The lowest BCUT2D eigenvalue weighted by Gasteiger charge is -2.29. The first-order valence-electron chi connectivity index (χ1n) is 7.10. The minimum Gasteiger partial charge on any atom is -0.481 e. The number of carbonyl (C=O) groups excluding carboxylic acids is 1. The quantitative estimate of drug-likeness (QED) is 0.788. The van der Waals surface area contributed by atoms with Gasteiger partial charge in [0.2, 0.25) is 5.91 Å². The molecule has 4 heteroatoms. The van der Waals surface area contributed by atoms with Crippen LogP contribution in [0.25, 0.3) is 0 Å². The molecular formula is C14H23NO3. The second kappa shape index (κ2) is 5.72. The molecule has 102 valence electrons. The van der Waals surface area contributed by atoms with Gasteiger partial charge in [-0.05, 0) is 37.5 Å². The van der Waals surface area contributed by atoms with E-state index < -0.39 is 5.97 Å². The lowest BCUT2D eigenvalue weighted by Crippen LogP contribution is -2.39. The highest BCUT2D eigenvalue weighted by atomic mass is 16.4. The fraction of sp³-hybridized carbons (Fsp3) is 0.857. The number of hydrogen-bond donors (Lipinski definition) is 2. The van der Waals surface area contributed by atoms with Gasteiger partial charge in [-0.3, -0.25) is 9.59 Å². The second-order valence-electron chi connectivity index (χ2n) is 5.86. The van der Waals surface area contributed by atoms with Gasteiger partial charge >= 0.3 is 5.97 Å². The maximum Gasteiger partial charge on any atom is 0.306 e. The Kier molecular flexibility index (Phi) is 4.25. The maximum atomic E-state index is 11.9. The predicted octanol–water partition coefficient (Wildman–Crippen LogP) is 2.04. The highest BCUT2D eigenvalue weighted by Gasteiger charge is 2.34. The first-order chi connectivity index (χ1) is 8.59. The molecule has 4 nitrogen and oxygen atoms in total. The molecule has 3 atom stereocenters. The largest absolute Gasteiger partial charge is 0.481 e. The van der Waals surface area contributed by atoms with Gasteiger partial charge in [-0.2, -0.15) is 0 Å². The first kappa shape index (κ1) is 13.4. The molecule has 1 amide bonds. The molecular weight excluding hydrogens is 230 g/mol. The van der Waals surface area contributed by atoms with Gasteiger partial charge in [0.05, 0.1) is 5.92 Å². The summed E-state index contributed by atoms with van der Waals surface area (Å²) in [5, 5.41) is 12.1. The molecule has 0 aromatic heterocycles. The minimum atomic E-state index is -0.704. The van der Waals surface area contributed by atoms with Crippen molar-refractivity contribution in [1.82, 2.24) is 5.32 Å². The van der Waals surface area contributed by atoms with Gasteiger partial charge in [0.25, 0.3) is 0 Å². The van der Waals surface area contributed by atoms with Crippen molar-refractivity contribution in [2.45, 2.75) is 45.4 Å². The van der Waals surface area contributed by atoms with Crippen LogP contribution in [-0.4, -0.2) is 23.5 Å². The Bertz CT molecular complexity index is 325. The van der Waals surface area contributed by atoms with Crippen LogP contribution in [0, 0.1) is 23.7 Å². The summed E-state index contributed by atoms with van der Waals surface area (Å²) in [7, 11) is 0. The van der Waals surface area contributed by atoms with Crippen molar-refractivity contribution in [2.24, 2.45) is 23.7 Å². The van der Waals surface area contributed by atoms with Crippen LogP contribution >= 0.6 is 0 Å². The van der Waals surface area contributed by atoms with E-state index in [4.69, 9.17) is 5.11 Å². The van der Waals surface area contributed by atoms with Crippen LogP contribution in [0.1, 0.15) is 45.4 Å². The molecule has 2 fully saturated rings. The Morgan fingerprint density at radius 2 is 1.89 bits per heavy atom. The van der Waals surface area contributed by atoms with Crippen LogP contribution in [0.3, 0.4) is 0 Å².